The highest BCUT2D eigenvalue weighted by molar-refractivity contribution is 7.46. The van der Waals surface area contributed by atoms with Gasteiger partial charge in [0.2, 0.25) is 0 Å². The molecule has 0 aliphatic heterocycles. The van der Waals surface area contributed by atoms with Crippen LogP contribution in [0.25, 0.3) is 0 Å². The normalized spacial score (nSPS) is 10.9. The van der Waals surface area contributed by atoms with E-state index in [0.717, 1.165) is 0 Å². The van der Waals surface area contributed by atoms with E-state index in [1.54, 1.807) is 0 Å². The highest BCUT2D eigenvalue weighted by Crippen LogP contribution is 2.40. The molecule has 1 aromatic carbocycles. The molecule has 0 saturated heterocycles. The maximum Gasteiger partial charge on any atom is 0.524 e. The second kappa shape index (κ2) is 4.53. The van der Waals surface area contributed by atoms with Gasteiger partial charge >= 0.3 is 7.82 Å². The zero-order valence-electron chi connectivity index (χ0n) is 8.21. The van der Waals surface area contributed by atoms with E-state index in [4.69, 9.17) is 19.3 Å². The molecule has 7 heteroatoms. The van der Waals surface area contributed by atoms with Crippen molar-refractivity contribution in [3.8, 4) is 17.2 Å². The van der Waals surface area contributed by atoms with E-state index in [1.165, 1.54) is 32.4 Å². The Kier molecular flexibility index (Phi) is 3.57. The number of methoxy groups -OCH3 is 2. The fourth-order valence-electron chi connectivity index (χ4n) is 1.01. The van der Waals surface area contributed by atoms with Crippen LogP contribution in [0, 0.1) is 0 Å². The van der Waals surface area contributed by atoms with Gasteiger partial charge in [-0.25, -0.2) is 4.57 Å². The van der Waals surface area contributed by atoms with Crippen LogP contribution < -0.4 is 14.0 Å². The van der Waals surface area contributed by atoms with E-state index >= 15 is 0 Å². The summed E-state index contributed by atoms with van der Waals surface area (Å²) in [7, 11) is -1.66. The highest BCUT2D eigenvalue weighted by atomic mass is 31.2. The Balaban J connectivity index is 2.98. The molecule has 6 nitrogen and oxygen atoms in total. The van der Waals surface area contributed by atoms with Crippen LogP contribution in [0.5, 0.6) is 17.2 Å². The van der Waals surface area contributed by atoms with Crippen LogP contribution >= 0.6 is 7.82 Å². The lowest BCUT2D eigenvalue weighted by Crippen LogP contribution is -1.93. The van der Waals surface area contributed by atoms with Gasteiger partial charge in [0.15, 0.2) is 11.5 Å². The molecule has 0 aliphatic carbocycles. The SMILES string of the molecule is COc1ccc(OP(=O)(O)O)cc1OC. The van der Waals surface area contributed by atoms with Crippen LogP contribution in [-0.2, 0) is 4.57 Å². The second-order valence-electron chi connectivity index (χ2n) is 2.60. The predicted molar refractivity (Wildman–Crippen MR) is 52.2 cm³/mol. The Labute approximate surface area is 86.6 Å². The maximum absolute atomic E-state index is 10.6. The Morgan fingerprint density at radius 3 is 2.20 bits per heavy atom. The first-order valence-corrected chi connectivity index (χ1v) is 5.46. The van der Waals surface area contributed by atoms with Gasteiger partial charge in [-0.05, 0) is 12.1 Å². The lowest BCUT2D eigenvalue weighted by Gasteiger charge is -2.10. The van der Waals surface area contributed by atoms with Crippen molar-refractivity contribution in [1.82, 2.24) is 0 Å². The molecule has 2 N–H and O–H groups in total. The first-order valence-electron chi connectivity index (χ1n) is 3.93. The third-order valence-corrected chi connectivity index (χ3v) is 2.03. The minimum absolute atomic E-state index is 0.0148. The zero-order chi connectivity index (χ0) is 11.5. The molecule has 1 rings (SSSR count). The number of hydrogen-bond donors (Lipinski definition) is 2. The third-order valence-electron chi connectivity index (χ3n) is 1.58. The zero-order valence-corrected chi connectivity index (χ0v) is 9.10. The molecule has 0 aliphatic rings. The molecule has 1 aromatic rings. The molecule has 0 saturated carbocycles. The molecular weight excluding hydrogens is 223 g/mol. The number of rotatable bonds is 4. The lowest BCUT2D eigenvalue weighted by molar-refractivity contribution is 0.282. The van der Waals surface area contributed by atoms with Crippen molar-refractivity contribution in [1.29, 1.82) is 0 Å². The smallest absolute Gasteiger partial charge is 0.493 e. The predicted octanol–water partition coefficient (Wildman–Crippen LogP) is 1.18. The summed E-state index contributed by atoms with van der Waals surface area (Å²) in [4.78, 5) is 17.2. The van der Waals surface area contributed by atoms with Crippen LogP contribution in [0.3, 0.4) is 0 Å². The van der Waals surface area contributed by atoms with E-state index in [-0.39, 0.29) is 5.75 Å². The Bertz CT molecular complexity index is 385. The molecule has 0 fully saturated rings. The van der Waals surface area contributed by atoms with Gasteiger partial charge in [0.25, 0.3) is 0 Å². The molecular formula is C8H11O6P. The fourth-order valence-corrected chi connectivity index (χ4v) is 1.40. The summed E-state index contributed by atoms with van der Waals surface area (Å²) in [5.41, 5.74) is 0. The minimum atomic E-state index is -4.54. The molecule has 0 aromatic heterocycles. The van der Waals surface area contributed by atoms with Crippen LogP contribution in [0.15, 0.2) is 18.2 Å². The van der Waals surface area contributed by atoms with Crippen molar-refractivity contribution in [3.05, 3.63) is 18.2 Å². The van der Waals surface area contributed by atoms with Crippen molar-refractivity contribution in [2.24, 2.45) is 0 Å². The van der Waals surface area contributed by atoms with Gasteiger partial charge in [0.1, 0.15) is 5.75 Å². The molecule has 0 unspecified atom stereocenters. The van der Waals surface area contributed by atoms with Crippen LogP contribution in [0.2, 0.25) is 0 Å². The van der Waals surface area contributed by atoms with Gasteiger partial charge in [-0.15, -0.1) is 0 Å². The number of phosphoric ester groups is 1. The third kappa shape index (κ3) is 3.43. The summed E-state index contributed by atoms with van der Waals surface area (Å²) in [6.07, 6.45) is 0. The van der Waals surface area contributed by atoms with Crippen molar-refractivity contribution >= 4 is 7.82 Å². The summed E-state index contributed by atoms with van der Waals surface area (Å²) in [6, 6.07) is 4.20. The van der Waals surface area contributed by atoms with Gasteiger partial charge in [-0.3, -0.25) is 9.79 Å². The van der Waals surface area contributed by atoms with E-state index in [1.807, 2.05) is 0 Å². The van der Waals surface area contributed by atoms with E-state index in [9.17, 15) is 4.57 Å². The molecule has 0 amide bonds. The van der Waals surface area contributed by atoms with E-state index < -0.39 is 7.82 Å². The average molecular weight is 234 g/mol. The van der Waals surface area contributed by atoms with Gasteiger partial charge in [-0.1, -0.05) is 0 Å². The molecule has 0 bridgehead atoms. The van der Waals surface area contributed by atoms with Gasteiger partial charge in [0, 0.05) is 6.07 Å². The lowest BCUT2D eigenvalue weighted by atomic mass is 10.3. The van der Waals surface area contributed by atoms with Crippen molar-refractivity contribution < 1.29 is 28.3 Å². The molecule has 84 valence electrons. The van der Waals surface area contributed by atoms with Crippen LogP contribution in [0.1, 0.15) is 0 Å². The summed E-state index contributed by atoms with van der Waals surface area (Å²) in [5.74, 6) is 0.806. The van der Waals surface area contributed by atoms with Gasteiger partial charge in [-0.2, -0.15) is 0 Å². The summed E-state index contributed by atoms with van der Waals surface area (Å²) in [6.45, 7) is 0. The standard InChI is InChI=1S/C8H11O6P/c1-12-7-4-3-6(5-8(7)13-2)14-15(9,10)11/h3-5H,1-2H3,(H2,9,10,11). The second-order valence-corrected chi connectivity index (χ2v) is 3.76. The summed E-state index contributed by atoms with van der Waals surface area (Å²) in [5, 5.41) is 0. The van der Waals surface area contributed by atoms with Crippen molar-refractivity contribution in [3.63, 3.8) is 0 Å². The Morgan fingerprint density at radius 2 is 1.73 bits per heavy atom. The minimum Gasteiger partial charge on any atom is -0.493 e. The first kappa shape index (κ1) is 11.8. The molecule has 15 heavy (non-hydrogen) atoms. The molecule has 0 atom stereocenters. The number of phosphoric acid groups is 1. The van der Waals surface area contributed by atoms with Crippen LogP contribution in [0.4, 0.5) is 0 Å². The van der Waals surface area contributed by atoms with Crippen molar-refractivity contribution in [2.45, 2.75) is 0 Å². The largest absolute Gasteiger partial charge is 0.524 e. The van der Waals surface area contributed by atoms with Gasteiger partial charge in [0.05, 0.1) is 14.2 Å². The number of ether oxygens (including phenoxy) is 2. The Morgan fingerprint density at radius 1 is 1.13 bits per heavy atom. The topological polar surface area (TPSA) is 85.2 Å². The molecule has 0 radical (unpaired) electrons. The molecule has 0 heterocycles. The quantitative estimate of drug-likeness (QED) is 0.761. The van der Waals surface area contributed by atoms with E-state index in [2.05, 4.69) is 4.52 Å². The fraction of sp³-hybridized carbons (Fsp3) is 0.250. The summed E-state index contributed by atoms with van der Waals surface area (Å²) >= 11 is 0. The maximum atomic E-state index is 10.6. The van der Waals surface area contributed by atoms with Crippen LogP contribution in [-0.4, -0.2) is 24.0 Å². The average Bonchev–Trinajstić information content (AvgIpc) is 2.15. The number of benzene rings is 1. The van der Waals surface area contributed by atoms with Crippen molar-refractivity contribution in [2.75, 3.05) is 14.2 Å². The summed E-state index contributed by atoms with van der Waals surface area (Å²) < 4.78 is 24.8. The molecule has 0 spiro atoms. The first-order chi connectivity index (χ1) is 6.96. The van der Waals surface area contributed by atoms with Gasteiger partial charge < -0.3 is 14.0 Å². The Hall–Kier alpha value is -1.23. The highest BCUT2D eigenvalue weighted by Gasteiger charge is 2.17. The monoisotopic (exact) mass is 234 g/mol. The van der Waals surface area contributed by atoms with E-state index in [0.29, 0.717) is 11.5 Å². The number of hydrogen-bond acceptors (Lipinski definition) is 4.